The molecule has 0 spiro atoms. The lowest BCUT2D eigenvalue weighted by Crippen LogP contribution is -2.44. The van der Waals surface area contributed by atoms with E-state index in [9.17, 15) is 0 Å². The van der Waals surface area contributed by atoms with Crippen molar-refractivity contribution in [2.24, 2.45) is 17.7 Å². The zero-order valence-electron chi connectivity index (χ0n) is 8.34. The summed E-state index contributed by atoms with van der Waals surface area (Å²) in [5.41, 5.74) is 2.99. The quantitative estimate of drug-likeness (QED) is 0.500. The van der Waals surface area contributed by atoms with Crippen LogP contribution in [0.5, 0.6) is 0 Å². The van der Waals surface area contributed by atoms with Crippen LogP contribution < -0.4 is 11.3 Å². The normalized spacial score (nSPS) is 24.2. The van der Waals surface area contributed by atoms with Crippen LogP contribution in [-0.4, -0.2) is 6.04 Å². The minimum absolute atomic E-state index is 0.553. The predicted octanol–water partition coefficient (Wildman–Crippen LogP) is 2.05. The topological polar surface area (TPSA) is 38.0 Å². The van der Waals surface area contributed by atoms with Crippen molar-refractivity contribution in [2.45, 2.75) is 52.0 Å². The van der Waals surface area contributed by atoms with Crippen LogP contribution in [-0.2, 0) is 0 Å². The Morgan fingerprint density at radius 1 is 1.42 bits per heavy atom. The highest BCUT2D eigenvalue weighted by molar-refractivity contribution is 4.82. The van der Waals surface area contributed by atoms with E-state index in [1.54, 1.807) is 0 Å². The van der Waals surface area contributed by atoms with Crippen molar-refractivity contribution in [3.8, 4) is 0 Å². The number of nitrogens with two attached hydrogens (primary N) is 1. The fourth-order valence-corrected chi connectivity index (χ4v) is 2.34. The summed E-state index contributed by atoms with van der Waals surface area (Å²) >= 11 is 0. The molecule has 2 heteroatoms. The van der Waals surface area contributed by atoms with E-state index in [2.05, 4.69) is 19.3 Å². The smallest absolute Gasteiger partial charge is 0.0264 e. The third-order valence-corrected chi connectivity index (χ3v) is 3.36. The summed E-state index contributed by atoms with van der Waals surface area (Å²) in [5.74, 6) is 7.14. The van der Waals surface area contributed by atoms with E-state index < -0.39 is 0 Å². The van der Waals surface area contributed by atoms with Crippen molar-refractivity contribution in [1.29, 1.82) is 0 Å². The summed E-state index contributed by atoms with van der Waals surface area (Å²) in [7, 11) is 0. The summed E-state index contributed by atoms with van der Waals surface area (Å²) < 4.78 is 0. The van der Waals surface area contributed by atoms with Gasteiger partial charge in [0.2, 0.25) is 0 Å². The van der Waals surface area contributed by atoms with Gasteiger partial charge < -0.3 is 0 Å². The molecule has 1 aliphatic carbocycles. The second-order valence-electron chi connectivity index (χ2n) is 4.12. The molecule has 0 aliphatic heterocycles. The molecule has 1 saturated carbocycles. The lowest BCUT2D eigenvalue weighted by atomic mass is 9.87. The highest BCUT2D eigenvalue weighted by Gasteiger charge is 2.27. The lowest BCUT2D eigenvalue weighted by molar-refractivity contribution is 0.269. The molecular weight excluding hydrogens is 148 g/mol. The molecule has 1 rings (SSSR count). The second kappa shape index (κ2) is 4.83. The number of nitrogens with one attached hydrogen (secondary N) is 1. The van der Waals surface area contributed by atoms with Crippen LogP contribution in [0.25, 0.3) is 0 Å². The summed E-state index contributed by atoms with van der Waals surface area (Å²) in [4.78, 5) is 0. The van der Waals surface area contributed by atoms with Crippen LogP contribution in [0.15, 0.2) is 0 Å². The zero-order valence-corrected chi connectivity index (χ0v) is 8.34. The van der Waals surface area contributed by atoms with Gasteiger partial charge in [0.1, 0.15) is 0 Å². The average Bonchev–Trinajstić information content (AvgIpc) is 2.58. The molecule has 0 bridgehead atoms. The standard InChI is InChI=1S/C10H22N2/c1-3-8(2)10(12-11)9-6-4-5-7-9/h8-10,12H,3-7,11H2,1-2H3. The Morgan fingerprint density at radius 3 is 2.42 bits per heavy atom. The van der Waals surface area contributed by atoms with E-state index in [-0.39, 0.29) is 0 Å². The Labute approximate surface area is 75.9 Å². The summed E-state index contributed by atoms with van der Waals surface area (Å²) in [6.45, 7) is 4.53. The molecule has 1 aliphatic rings. The maximum Gasteiger partial charge on any atom is 0.0264 e. The van der Waals surface area contributed by atoms with Crippen LogP contribution in [0.2, 0.25) is 0 Å². The van der Waals surface area contributed by atoms with E-state index in [4.69, 9.17) is 5.84 Å². The second-order valence-corrected chi connectivity index (χ2v) is 4.12. The first-order valence-electron chi connectivity index (χ1n) is 5.25. The van der Waals surface area contributed by atoms with Gasteiger partial charge in [-0.1, -0.05) is 33.1 Å². The highest BCUT2D eigenvalue weighted by atomic mass is 15.2. The van der Waals surface area contributed by atoms with E-state index in [0.717, 1.165) is 11.8 Å². The molecule has 3 N–H and O–H groups in total. The number of rotatable bonds is 4. The van der Waals surface area contributed by atoms with Crippen molar-refractivity contribution in [2.75, 3.05) is 0 Å². The van der Waals surface area contributed by atoms with Gasteiger partial charge in [-0.3, -0.25) is 11.3 Å². The van der Waals surface area contributed by atoms with Crippen molar-refractivity contribution in [3.63, 3.8) is 0 Å². The molecular formula is C10H22N2. The summed E-state index contributed by atoms with van der Waals surface area (Å²) in [6, 6.07) is 0.553. The average molecular weight is 170 g/mol. The summed E-state index contributed by atoms with van der Waals surface area (Å²) in [5, 5.41) is 0. The Balaban J connectivity index is 2.42. The molecule has 72 valence electrons. The van der Waals surface area contributed by atoms with Gasteiger partial charge >= 0.3 is 0 Å². The first-order valence-corrected chi connectivity index (χ1v) is 5.25. The monoisotopic (exact) mass is 170 g/mol. The van der Waals surface area contributed by atoms with Crippen molar-refractivity contribution >= 4 is 0 Å². The first-order chi connectivity index (χ1) is 5.79. The van der Waals surface area contributed by atoms with E-state index >= 15 is 0 Å². The third-order valence-electron chi connectivity index (χ3n) is 3.36. The third kappa shape index (κ3) is 2.20. The number of hydrogen-bond donors (Lipinski definition) is 2. The largest absolute Gasteiger partial charge is 0.271 e. The Bertz CT molecular complexity index is 119. The molecule has 0 radical (unpaired) electrons. The predicted molar refractivity (Wildman–Crippen MR) is 52.5 cm³/mol. The lowest BCUT2D eigenvalue weighted by Gasteiger charge is -2.27. The first kappa shape index (κ1) is 10.0. The molecule has 0 saturated heterocycles. The molecule has 0 amide bonds. The van der Waals surface area contributed by atoms with Gasteiger partial charge in [0, 0.05) is 6.04 Å². The van der Waals surface area contributed by atoms with Crippen molar-refractivity contribution < 1.29 is 0 Å². The molecule has 0 heterocycles. The summed E-state index contributed by atoms with van der Waals surface area (Å²) in [6.07, 6.45) is 6.78. The van der Waals surface area contributed by atoms with Crippen molar-refractivity contribution in [3.05, 3.63) is 0 Å². The SMILES string of the molecule is CCC(C)C(NN)C1CCCC1. The molecule has 2 unspecified atom stereocenters. The molecule has 12 heavy (non-hydrogen) atoms. The van der Waals surface area contributed by atoms with E-state index in [1.165, 1.54) is 32.1 Å². The highest BCUT2D eigenvalue weighted by Crippen LogP contribution is 2.31. The minimum atomic E-state index is 0.553. The zero-order chi connectivity index (χ0) is 8.97. The molecule has 0 aromatic carbocycles. The van der Waals surface area contributed by atoms with Gasteiger partial charge in [0.25, 0.3) is 0 Å². The molecule has 2 atom stereocenters. The molecule has 0 aromatic rings. The maximum absolute atomic E-state index is 5.58. The Morgan fingerprint density at radius 2 is 2.00 bits per heavy atom. The van der Waals surface area contributed by atoms with Gasteiger partial charge in [-0.25, -0.2) is 0 Å². The number of hydrazine groups is 1. The molecule has 0 aromatic heterocycles. The van der Waals surface area contributed by atoms with Crippen LogP contribution >= 0.6 is 0 Å². The van der Waals surface area contributed by atoms with Gasteiger partial charge in [0.05, 0.1) is 0 Å². The fraction of sp³-hybridized carbons (Fsp3) is 1.00. The van der Waals surface area contributed by atoms with Crippen LogP contribution in [0, 0.1) is 11.8 Å². The van der Waals surface area contributed by atoms with Crippen LogP contribution in [0.1, 0.15) is 46.0 Å². The molecule has 2 nitrogen and oxygen atoms in total. The Kier molecular flexibility index (Phi) is 4.02. The minimum Gasteiger partial charge on any atom is -0.271 e. The van der Waals surface area contributed by atoms with Crippen LogP contribution in [0.4, 0.5) is 0 Å². The van der Waals surface area contributed by atoms with E-state index in [1.807, 2.05) is 0 Å². The maximum atomic E-state index is 5.58. The van der Waals surface area contributed by atoms with Crippen molar-refractivity contribution in [1.82, 2.24) is 5.43 Å². The fourth-order valence-electron chi connectivity index (χ4n) is 2.34. The van der Waals surface area contributed by atoms with Gasteiger partial charge in [0.15, 0.2) is 0 Å². The van der Waals surface area contributed by atoms with Crippen LogP contribution in [0.3, 0.4) is 0 Å². The number of hydrogen-bond acceptors (Lipinski definition) is 2. The molecule has 1 fully saturated rings. The van der Waals surface area contributed by atoms with E-state index in [0.29, 0.717) is 6.04 Å². The van der Waals surface area contributed by atoms with Gasteiger partial charge in [-0.15, -0.1) is 0 Å². The Hall–Kier alpha value is -0.0800. The van der Waals surface area contributed by atoms with Gasteiger partial charge in [-0.2, -0.15) is 0 Å². The van der Waals surface area contributed by atoms with Gasteiger partial charge in [-0.05, 0) is 24.7 Å².